The first-order valence-corrected chi connectivity index (χ1v) is 9.39. The molecule has 1 aliphatic rings. The molecule has 0 aromatic heterocycles. The summed E-state index contributed by atoms with van der Waals surface area (Å²) in [5.41, 5.74) is -0.597. The van der Waals surface area contributed by atoms with Gasteiger partial charge in [-0.15, -0.1) is 0 Å². The molecular formula is C16H20ClNO5S. The maximum atomic E-state index is 12.3. The number of carbonyl (C=O) groups excluding carboxylic acids is 2. The van der Waals surface area contributed by atoms with E-state index in [4.69, 9.17) is 16.3 Å². The van der Waals surface area contributed by atoms with Crippen molar-refractivity contribution >= 4 is 33.4 Å². The van der Waals surface area contributed by atoms with Crippen LogP contribution in [0.3, 0.4) is 0 Å². The number of Topliss-reactive ketones (excluding diaryl/α,β-unsaturated/α-hetero) is 1. The standard InChI is InChI=1S/C16H20ClNO5S/c1-16(2,3)14(19)9-23-15(20)10-4-7-12(17)13(8-10)24(21,22)18-11-5-6-11/h4,7-8,11,18H,5-6,9H2,1-3H3. The van der Waals surface area contributed by atoms with Crippen LogP contribution >= 0.6 is 11.6 Å². The molecule has 1 N–H and O–H groups in total. The normalized spacial score (nSPS) is 15.2. The largest absolute Gasteiger partial charge is 0.454 e. The summed E-state index contributed by atoms with van der Waals surface area (Å²) in [6.45, 7) is 4.80. The lowest BCUT2D eigenvalue weighted by Crippen LogP contribution is -2.27. The summed E-state index contributed by atoms with van der Waals surface area (Å²) in [7, 11) is -3.79. The van der Waals surface area contributed by atoms with Gasteiger partial charge >= 0.3 is 5.97 Å². The van der Waals surface area contributed by atoms with Crippen LogP contribution in [-0.2, 0) is 19.6 Å². The number of rotatable bonds is 6. The maximum absolute atomic E-state index is 12.3. The van der Waals surface area contributed by atoms with Gasteiger partial charge < -0.3 is 4.74 Å². The number of halogens is 1. The van der Waals surface area contributed by atoms with E-state index >= 15 is 0 Å². The average Bonchev–Trinajstić information content (AvgIpc) is 3.26. The van der Waals surface area contributed by atoms with Crippen molar-refractivity contribution in [2.75, 3.05) is 6.61 Å². The number of nitrogens with one attached hydrogen (secondary N) is 1. The lowest BCUT2D eigenvalue weighted by molar-refractivity contribution is -0.129. The van der Waals surface area contributed by atoms with Gasteiger partial charge in [0.2, 0.25) is 10.0 Å². The fourth-order valence-electron chi connectivity index (χ4n) is 1.75. The molecule has 6 nitrogen and oxygen atoms in total. The van der Waals surface area contributed by atoms with Crippen LogP contribution < -0.4 is 4.72 Å². The zero-order valence-electron chi connectivity index (χ0n) is 13.8. The minimum atomic E-state index is -3.79. The second-order valence-electron chi connectivity index (χ2n) is 6.79. The summed E-state index contributed by atoms with van der Waals surface area (Å²) in [6.07, 6.45) is 1.57. The van der Waals surface area contributed by atoms with Crippen LogP contribution in [-0.4, -0.2) is 32.8 Å². The maximum Gasteiger partial charge on any atom is 0.338 e. The highest BCUT2D eigenvalue weighted by Gasteiger charge is 2.30. The van der Waals surface area contributed by atoms with Gasteiger partial charge in [-0.05, 0) is 31.0 Å². The predicted molar refractivity (Wildman–Crippen MR) is 89.5 cm³/mol. The lowest BCUT2D eigenvalue weighted by atomic mass is 9.91. The molecule has 8 heteroatoms. The quantitative estimate of drug-likeness (QED) is 0.774. The van der Waals surface area contributed by atoms with Crippen LogP contribution in [0.5, 0.6) is 0 Å². The Labute approximate surface area is 146 Å². The predicted octanol–water partition coefficient (Wildman–Crippen LogP) is 2.55. The summed E-state index contributed by atoms with van der Waals surface area (Å²) in [5.74, 6) is -1.000. The third-order valence-electron chi connectivity index (χ3n) is 3.53. The molecule has 0 amide bonds. The number of carbonyl (C=O) groups is 2. The second kappa shape index (κ2) is 6.82. The summed E-state index contributed by atoms with van der Waals surface area (Å²) >= 11 is 5.95. The van der Waals surface area contributed by atoms with Gasteiger partial charge in [0.05, 0.1) is 10.6 Å². The van der Waals surface area contributed by atoms with Crippen molar-refractivity contribution < 1.29 is 22.7 Å². The number of hydrogen-bond acceptors (Lipinski definition) is 5. The molecule has 0 spiro atoms. The summed E-state index contributed by atoms with van der Waals surface area (Å²) in [5, 5.41) is 0.0190. The Balaban J connectivity index is 2.15. The highest BCUT2D eigenvalue weighted by Crippen LogP contribution is 2.27. The van der Waals surface area contributed by atoms with E-state index in [1.165, 1.54) is 12.1 Å². The molecule has 0 bridgehead atoms. The zero-order chi connectivity index (χ0) is 18.1. The van der Waals surface area contributed by atoms with Crippen molar-refractivity contribution in [1.29, 1.82) is 0 Å². The number of ketones is 1. The number of sulfonamides is 1. The van der Waals surface area contributed by atoms with Gasteiger partial charge in [0.25, 0.3) is 0 Å². The minimum Gasteiger partial charge on any atom is -0.454 e. The molecule has 1 aromatic rings. The van der Waals surface area contributed by atoms with Gasteiger partial charge in [0.15, 0.2) is 12.4 Å². The third kappa shape index (κ3) is 4.78. The van der Waals surface area contributed by atoms with Crippen molar-refractivity contribution in [3.05, 3.63) is 28.8 Å². The molecular weight excluding hydrogens is 354 g/mol. The van der Waals surface area contributed by atoms with Crippen LogP contribution in [0.2, 0.25) is 5.02 Å². The fraction of sp³-hybridized carbons (Fsp3) is 0.500. The van der Waals surface area contributed by atoms with E-state index in [-0.39, 0.29) is 33.9 Å². The molecule has 0 unspecified atom stereocenters. The SMILES string of the molecule is CC(C)(C)C(=O)COC(=O)c1ccc(Cl)c(S(=O)(=O)NC2CC2)c1. The van der Waals surface area contributed by atoms with Crippen molar-refractivity contribution in [3.8, 4) is 0 Å². The van der Waals surface area contributed by atoms with E-state index in [0.29, 0.717) is 0 Å². The topological polar surface area (TPSA) is 89.5 Å². The average molecular weight is 374 g/mol. The Morgan fingerprint density at radius 1 is 1.29 bits per heavy atom. The van der Waals surface area contributed by atoms with Crippen molar-refractivity contribution in [3.63, 3.8) is 0 Å². The molecule has 0 saturated heterocycles. The number of hydrogen-bond donors (Lipinski definition) is 1. The van der Waals surface area contributed by atoms with Gasteiger partial charge in [0.1, 0.15) is 4.90 Å². The Morgan fingerprint density at radius 2 is 1.92 bits per heavy atom. The Morgan fingerprint density at radius 3 is 2.46 bits per heavy atom. The lowest BCUT2D eigenvalue weighted by Gasteiger charge is -2.16. The van der Waals surface area contributed by atoms with Crippen LogP contribution in [0.1, 0.15) is 44.0 Å². The molecule has 1 aliphatic carbocycles. The minimum absolute atomic E-state index is 0.0190. The van der Waals surface area contributed by atoms with Crippen LogP contribution in [0.4, 0.5) is 0 Å². The molecule has 0 atom stereocenters. The molecule has 132 valence electrons. The molecule has 1 aromatic carbocycles. The van der Waals surface area contributed by atoms with E-state index in [9.17, 15) is 18.0 Å². The monoisotopic (exact) mass is 373 g/mol. The third-order valence-corrected chi connectivity index (χ3v) is 5.53. The zero-order valence-corrected chi connectivity index (χ0v) is 15.3. The molecule has 0 radical (unpaired) electrons. The first-order chi connectivity index (χ1) is 11.0. The van der Waals surface area contributed by atoms with Gasteiger partial charge in [-0.3, -0.25) is 4.79 Å². The smallest absolute Gasteiger partial charge is 0.338 e. The fourth-order valence-corrected chi connectivity index (χ4v) is 3.58. The van der Waals surface area contributed by atoms with Crippen LogP contribution in [0.15, 0.2) is 23.1 Å². The highest BCUT2D eigenvalue weighted by atomic mass is 35.5. The number of ether oxygens (including phenoxy) is 1. The number of benzene rings is 1. The number of esters is 1. The van der Waals surface area contributed by atoms with Gasteiger partial charge in [0, 0.05) is 11.5 Å². The highest BCUT2D eigenvalue weighted by molar-refractivity contribution is 7.89. The van der Waals surface area contributed by atoms with E-state index in [0.717, 1.165) is 18.9 Å². The molecule has 0 heterocycles. The van der Waals surface area contributed by atoms with E-state index in [1.54, 1.807) is 20.8 Å². The first kappa shape index (κ1) is 18.9. The molecule has 1 saturated carbocycles. The van der Waals surface area contributed by atoms with Crippen molar-refractivity contribution in [2.24, 2.45) is 5.41 Å². The van der Waals surface area contributed by atoms with Gasteiger partial charge in [-0.1, -0.05) is 32.4 Å². The van der Waals surface area contributed by atoms with Crippen LogP contribution in [0, 0.1) is 5.41 Å². The molecule has 1 fully saturated rings. The molecule has 24 heavy (non-hydrogen) atoms. The van der Waals surface area contributed by atoms with Gasteiger partial charge in [-0.2, -0.15) is 0 Å². The van der Waals surface area contributed by atoms with Crippen molar-refractivity contribution in [2.45, 2.75) is 44.6 Å². The summed E-state index contributed by atoms with van der Waals surface area (Å²) in [6, 6.07) is 3.77. The Kier molecular flexibility index (Phi) is 5.37. The van der Waals surface area contributed by atoms with Crippen molar-refractivity contribution in [1.82, 2.24) is 4.72 Å². The molecule has 2 rings (SSSR count). The van der Waals surface area contributed by atoms with Gasteiger partial charge in [-0.25, -0.2) is 17.9 Å². The summed E-state index contributed by atoms with van der Waals surface area (Å²) < 4.78 is 32.0. The second-order valence-corrected chi connectivity index (χ2v) is 8.88. The van der Waals surface area contributed by atoms with E-state index in [2.05, 4.69) is 4.72 Å². The Bertz CT molecular complexity index is 763. The van der Waals surface area contributed by atoms with E-state index in [1.807, 2.05) is 0 Å². The molecule has 0 aliphatic heterocycles. The summed E-state index contributed by atoms with van der Waals surface area (Å²) in [4.78, 5) is 23.7. The first-order valence-electron chi connectivity index (χ1n) is 7.53. The Hall–Kier alpha value is -1.44. The van der Waals surface area contributed by atoms with E-state index < -0.39 is 21.4 Å². The van der Waals surface area contributed by atoms with Crippen LogP contribution in [0.25, 0.3) is 0 Å².